The van der Waals surface area contributed by atoms with Gasteiger partial charge in [0.2, 0.25) is 5.91 Å². The third kappa shape index (κ3) is 21.9. The number of rotatable bonds is 29. The van der Waals surface area contributed by atoms with Crippen molar-refractivity contribution in [1.29, 1.82) is 0 Å². The fraction of sp³-hybridized carbons (Fsp3) is 0.933. The van der Waals surface area contributed by atoms with Crippen LogP contribution in [-0.4, -0.2) is 108 Å². The molecule has 1 aliphatic carbocycles. The van der Waals surface area contributed by atoms with Gasteiger partial charge >= 0.3 is 29.4 Å². The molecule has 0 saturated heterocycles. The number of nitrogens with one attached hydrogen (secondary N) is 1. The number of unbranched alkanes of at least 4 members (excludes halogenated alkanes) is 12. The molecule has 0 aromatic carbocycles. The van der Waals surface area contributed by atoms with Crippen LogP contribution in [0, 0.1) is 0 Å². The summed E-state index contributed by atoms with van der Waals surface area (Å²) in [5.41, 5.74) is 0. The molecule has 0 heterocycles. The van der Waals surface area contributed by atoms with Gasteiger partial charge < -0.3 is 49.8 Å². The second kappa shape index (κ2) is 25.3. The molecule has 1 rings (SSSR count). The van der Waals surface area contributed by atoms with Gasteiger partial charge in [-0.1, -0.05) is 90.9 Å². The van der Waals surface area contributed by atoms with Crippen molar-refractivity contribution in [3.63, 3.8) is 0 Å². The number of aliphatic hydroxyl groups is 3. The molecule has 52 heavy (non-hydrogen) atoms. The summed E-state index contributed by atoms with van der Waals surface area (Å²) in [4.78, 5) is 71.7. The largest absolute Gasteiger partial charge is 0.472 e. The highest BCUT2D eigenvalue weighted by molar-refractivity contribution is 7.47. The number of hydrogen-bond donors (Lipinski definition) is 9. The monoisotopic (exact) mass is 815 g/mol. The average Bonchev–Trinajstić information content (AvgIpc) is 3.04. The minimum absolute atomic E-state index is 0.00403. The van der Waals surface area contributed by atoms with Gasteiger partial charge in [-0.15, -0.1) is 0 Å². The SMILES string of the molecule is CCCCCCCCCCCCCCCC(=O)O[C@H](CCNC(=O)CCC)COP(=O)(O)OC1C(O)[C@@H](OP(=O)(O)O)C(OP(=O)(O)O)[C@@H](O)[C@H]1O. The number of aliphatic hydroxyl groups excluding tert-OH is 3. The van der Waals surface area contributed by atoms with Gasteiger partial charge in [-0.2, -0.15) is 0 Å². The number of phosphoric acid groups is 3. The molecule has 308 valence electrons. The van der Waals surface area contributed by atoms with E-state index < -0.39 is 78.8 Å². The summed E-state index contributed by atoms with van der Waals surface area (Å²) in [5, 5.41) is 34.1. The Labute approximate surface area is 305 Å². The van der Waals surface area contributed by atoms with E-state index in [4.69, 9.17) is 23.6 Å². The molecule has 0 aromatic heterocycles. The highest BCUT2D eigenvalue weighted by Gasteiger charge is 2.56. The van der Waals surface area contributed by atoms with E-state index in [-0.39, 0.29) is 31.7 Å². The molecule has 1 aliphatic rings. The summed E-state index contributed by atoms with van der Waals surface area (Å²) in [6.45, 7) is 3.22. The van der Waals surface area contributed by atoms with Gasteiger partial charge in [-0.05, 0) is 12.8 Å². The zero-order chi connectivity index (χ0) is 39.4. The van der Waals surface area contributed by atoms with Crippen LogP contribution in [0.1, 0.15) is 123 Å². The van der Waals surface area contributed by atoms with Gasteiger partial charge in [0, 0.05) is 25.8 Å². The van der Waals surface area contributed by atoms with E-state index in [2.05, 4.69) is 21.3 Å². The van der Waals surface area contributed by atoms with E-state index in [0.717, 1.165) is 25.7 Å². The average molecular weight is 816 g/mol. The molecule has 1 saturated carbocycles. The Balaban J connectivity index is 2.75. The van der Waals surface area contributed by atoms with E-state index in [1.54, 1.807) is 6.92 Å². The molecule has 9 N–H and O–H groups in total. The van der Waals surface area contributed by atoms with Gasteiger partial charge in [-0.25, -0.2) is 13.7 Å². The normalized spacial score (nSPS) is 24.3. The predicted molar refractivity (Wildman–Crippen MR) is 185 cm³/mol. The number of carbonyl (C=O) groups excluding carboxylic acids is 2. The third-order valence-corrected chi connectivity index (χ3v) is 10.3. The summed E-state index contributed by atoms with van der Waals surface area (Å²) >= 11 is 0. The number of phosphoric ester groups is 3. The van der Waals surface area contributed by atoms with Crippen molar-refractivity contribution in [1.82, 2.24) is 5.32 Å². The first-order valence-electron chi connectivity index (χ1n) is 17.9. The van der Waals surface area contributed by atoms with Gasteiger partial charge in [0.1, 0.15) is 42.7 Å². The maximum Gasteiger partial charge on any atom is 0.472 e. The summed E-state index contributed by atoms with van der Waals surface area (Å²) in [5.74, 6) is -0.899. The van der Waals surface area contributed by atoms with Crippen LogP contribution in [0.4, 0.5) is 0 Å². The van der Waals surface area contributed by atoms with Crippen molar-refractivity contribution in [2.24, 2.45) is 0 Å². The first kappa shape index (κ1) is 49.2. The van der Waals surface area contributed by atoms with Gasteiger partial charge in [0.15, 0.2) is 0 Å². The molecule has 0 bridgehead atoms. The Kier molecular flexibility index (Phi) is 24.0. The first-order valence-corrected chi connectivity index (χ1v) is 22.5. The molecule has 4 unspecified atom stereocenters. The number of amides is 1. The lowest BCUT2D eigenvalue weighted by atomic mass is 9.85. The van der Waals surface area contributed by atoms with Gasteiger partial charge in [0.25, 0.3) is 0 Å². The minimum Gasteiger partial charge on any atom is -0.460 e. The zero-order valence-electron chi connectivity index (χ0n) is 30.0. The van der Waals surface area contributed by atoms with Gasteiger partial charge in [0.05, 0.1) is 6.61 Å². The number of hydrogen-bond acceptors (Lipinski definition) is 13. The molecule has 0 spiro atoms. The van der Waals surface area contributed by atoms with E-state index >= 15 is 0 Å². The third-order valence-electron chi connectivity index (χ3n) is 8.26. The van der Waals surface area contributed by atoms with Crippen LogP contribution in [0.25, 0.3) is 0 Å². The molecular formula is C30H60NO18P3. The smallest absolute Gasteiger partial charge is 0.460 e. The van der Waals surface area contributed by atoms with Crippen molar-refractivity contribution in [2.75, 3.05) is 13.2 Å². The standard InChI is InChI=1S/C30H60NO18P3/c1-3-5-6-7-8-9-10-11-12-13-14-15-16-18-24(33)46-22(19-20-31-23(32)17-4-2)21-45-52(43,44)49-28-25(34)26(35)29(47-50(37,38)39)30(27(28)36)48-51(40,41)42/h22,25-30,34-36H,3-21H2,1-2H3,(H,31,32)(H,43,44)(H2,37,38,39)(H2,40,41,42)/t22-,25-,26+,27?,28?,29?,30-/m1/s1. The Morgan fingerprint density at radius 2 is 1.08 bits per heavy atom. The van der Waals surface area contributed by atoms with Crippen LogP contribution in [-0.2, 0) is 46.1 Å². The Morgan fingerprint density at radius 3 is 1.56 bits per heavy atom. The Bertz CT molecular complexity index is 1170. The van der Waals surface area contributed by atoms with Crippen LogP contribution in [0.15, 0.2) is 0 Å². The lowest BCUT2D eigenvalue weighted by Crippen LogP contribution is -2.65. The maximum atomic E-state index is 12.9. The number of esters is 1. The van der Waals surface area contributed by atoms with E-state index in [9.17, 15) is 53.3 Å². The van der Waals surface area contributed by atoms with Crippen molar-refractivity contribution in [3.8, 4) is 0 Å². The number of ether oxygens (including phenoxy) is 1. The summed E-state index contributed by atoms with van der Waals surface area (Å²) in [6.07, 6.45) is -0.627. The summed E-state index contributed by atoms with van der Waals surface area (Å²) in [6, 6.07) is 0. The van der Waals surface area contributed by atoms with Crippen LogP contribution < -0.4 is 5.32 Å². The summed E-state index contributed by atoms with van der Waals surface area (Å²) < 4.78 is 59.5. The molecule has 0 aromatic rings. The molecule has 0 aliphatic heterocycles. The Morgan fingerprint density at radius 1 is 0.615 bits per heavy atom. The molecule has 1 fully saturated rings. The second-order valence-corrected chi connectivity index (χ2v) is 16.7. The minimum atomic E-state index is -5.57. The first-order chi connectivity index (χ1) is 24.3. The van der Waals surface area contributed by atoms with Gasteiger partial charge in [-0.3, -0.25) is 27.7 Å². The number of carbonyl (C=O) groups is 2. The molecule has 8 atom stereocenters. The highest BCUT2D eigenvalue weighted by Crippen LogP contribution is 2.51. The molecule has 22 heteroatoms. The van der Waals surface area contributed by atoms with E-state index in [1.165, 1.54) is 51.4 Å². The quantitative estimate of drug-likeness (QED) is 0.0297. The van der Waals surface area contributed by atoms with Crippen LogP contribution >= 0.6 is 23.5 Å². The zero-order valence-corrected chi connectivity index (χ0v) is 32.7. The predicted octanol–water partition coefficient (Wildman–Crippen LogP) is 3.24. The van der Waals surface area contributed by atoms with E-state index in [0.29, 0.717) is 12.8 Å². The fourth-order valence-electron chi connectivity index (χ4n) is 5.61. The Hall–Kier alpha value is -0.850. The lowest BCUT2D eigenvalue weighted by Gasteiger charge is -2.44. The second-order valence-electron chi connectivity index (χ2n) is 12.9. The van der Waals surface area contributed by atoms with Crippen LogP contribution in [0.2, 0.25) is 0 Å². The van der Waals surface area contributed by atoms with Crippen molar-refractivity contribution >= 4 is 35.3 Å². The maximum absolute atomic E-state index is 12.9. The van der Waals surface area contributed by atoms with Crippen LogP contribution in [0.3, 0.4) is 0 Å². The lowest BCUT2D eigenvalue weighted by molar-refractivity contribution is -0.213. The van der Waals surface area contributed by atoms with Crippen molar-refractivity contribution in [3.05, 3.63) is 0 Å². The molecule has 1 amide bonds. The van der Waals surface area contributed by atoms with E-state index in [1.807, 2.05) is 0 Å². The molecule has 19 nitrogen and oxygen atoms in total. The summed E-state index contributed by atoms with van der Waals surface area (Å²) in [7, 11) is -16.4. The molecule has 0 radical (unpaired) electrons. The topological polar surface area (TPSA) is 305 Å². The fourth-order valence-corrected chi connectivity index (χ4v) is 7.71. The molecular weight excluding hydrogens is 755 g/mol. The van der Waals surface area contributed by atoms with Crippen molar-refractivity contribution in [2.45, 2.75) is 166 Å². The highest BCUT2D eigenvalue weighted by atomic mass is 31.2. The van der Waals surface area contributed by atoms with Crippen molar-refractivity contribution < 1.29 is 85.9 Å². The van der Waals surface area contributed by atoms with Crippen LogP contribution in [0.5, 0.6) is 0 Å².